The summed E-state index contributed by atoms with van der Waals surface area (Å²) in [5.41, 5.74) is 0.938. The molecule has 4 nitrogen and oxygen atoms in total. The van der Waals surface area contributed by atoms with E-state index in [4.69, 9.17) is 16.3 Å². The molecule has 0 radical (unpaired) electrons. The predicted molar refractivity (Wildman–Crippen MR) is 51.2 cm³/mol. The van der Waals surface area contributed by atoms with Crippen LogP contribution in [0.2, 0.25) is 5.15 Å². The average molecular weight is 215 g/mol. The molecule has 0 saturated carbocycles. The summed E-state index contributed by atoms with van der Waals surface area (Å²) in [4.78, 5) is 15.4. The number of esters is 1. The molecule has 1 unspecified atom stereocenters. The van der Waals surface area contributed by atoms with E-state index in [-0.39, 0.29) is 12.0 Å². The number of hydrogen-bond donors (Lipinski definition) is 0. The molecule has 1 aromatic heterocycles. The van der Waals surface area contributed by atoms with E-state index in [1.165, 1.54) is 7.11 Å². The molecule has 5 heteroatoms. The van der Waals surface area contributed by atoms with Gasteiger partial charge in [0.1, 0.15) is 11.2 Å². The minimum Gasteiger partial charge on any atom is -0.467 e. The highest BCUT2D eigenvalue weighted by atomic mass is 35.5. The zero-order valence-electron chi connectivity index (χ0n) is 7.86. The van der Waals surface area contributed by atoms with Crippen LogP contribution >= 0.6 is 11.6 Å². The summed E-state index contributed by atoms with van der Waals surface area (Å²) < 4.78 is 6.54. The second-order valence-electron chi connectivity index (χ2n) is 3.32. The summed E-state index contributed by atoms with van der Waals surface area (Å²) in [6, 6.07) is -0.247. The highest BCUT2D eigenvalue weighted by Crippen LogP contribution is 2.29. The normalized spacial score (nSPS) is 20.3. The van der Waals surface area contributed by atoms with Crippen molar-refractivity contribution in [1.82, 2.24) is 9.55 Å². The fraction of sp³-hybridized carbons (Fsp3) is 0.556. The van der Waals surface area contributed by atoms with Crippen LogP contribution in [0.25, 0.3) is 0 Å². The largest absolute Gasteiger partial charge is 0.467 e. The number of halogens is 1. The van der Waals surface area contributed by atoms with Crippen molar-refractivity contribution in [2.24, 2.45) is 0 Å². The Labute approximate surface area is 86.8 Å². The summed E-state index contributed by atoms with van der Waals surface area (Å²) in [5.74, 6) is -0.222. The summed E-state index contributed by atoms with van der Waals surface area (Å²) >= 11 is 5.89. The Balaban J connectivity index is 2.36. The number of carbonyl (C=O) groups is 1. The van der Waals surface area contributed by atoms with E-state index in [9.17, 15) is 4.79 Å². The number of fused-ring (bicyclic) bond motifs is 1. The van der Waals surface area contributed by atoms with Crippen LogP contribution in [0, 0.1) is 0 Å². The van der Waals surface area contributed by atoms with Crippen molar-refractivity contribution in [1.29, 1.82) is 0 Å². The predicted octanol–water partition coefficient (Wildman–Crippen LogP) is 1.59. The highest BCUT2D eigenvalue weighted by Gasteiger charge is 2.28. The van der Waals surface area contributed by atoms with Gasteiger partial charge in [-0.2, -0.15) is 0 Å². The van der Waals surface area contributed by atoms with Gasteiger partial charge in [-0.05, 0) is 19.3 Å². The molecule has 0 spiro atoms. The molecule has 0 fully saturated rings. The lowest BCUT2D eigenvalue weighted by molar-refractivity contribution is -0.145. The molecule has 1 aliphatic rings. The second-order valence-corrected chi connectivity index (χ2v) is 3.68. The lowest BCUT2D eigenvalue weighted by Crippen LogP contribution is -2.25. The van der Waals surface area contributed by atoms with Gasteiger partial charge in [-0.1, -0.05) is 11.6 Å². The number of imidazole rings is 1. The molecule has 76 valence electrons. The molecule has 0 bridgehead atoms. The number of carbonyl (C=O) groups excluding carboxylic acids is 1. The molecule has 2 heterocycles. The first-order valence-corrected chi connectivity index (χ1v) is 4.91. The van der Waals surface area contributed by atoms with E-state index in [2.05, 4.69) is 4.98 Å². The smallest absolute Gasteiger partial charge is 0.328 e. The molecule has 1 aliphatic heterocycles. The fourth-order valence-corrected chi connectivity index (χ4v) is 2.07. The van der Waals surface area contributed by atoms with Gasteiger partial charge in [0.15, 0.2) is 0 Å². The van der Waals surface area contributed by atoms with E-state index >= 15 is 0 Å². The number of ether oxygens (including phenoxy) is 1. The fourth-order valence-electron chi connectivity index (χ4n) is 1.83. The molecule has 2 rings (SSSR count). The van der Waals surface area contributed by atoms with Gasteiger partial charge in [0.05, 0.1) is 19.1 Å². The van der Waals surface area contributed by atoms with E-state index < -0.39 is 0 Å². The summed E-state index contributed by atoms with van der Waals surface area (Å²) in [7, 11) is 1.40. The summed E-state index contributed by atoms with van der Waals surface area (Å²) in [5, 5.41) is 0.499. The first-order valence-electron chi connectivity index (χ1n) is 4.53. The van der Waals surface area contributed by atoms with Gasteiger partial charge in [0, 0.05) is 0 Å². The van der Waals surface area contributed by atoms with Crippen molar-refractivity contribution in [3.05, 3.63) is 17.2 Å². The Morgan fingerprint density at radius 2 is 2.57 bits per heavy atom. The third-order valence-corrected chi connectivity index (χ3v) is 2.86. The number of methoxy groups -OCH3 is 1. The van der Waals surface area contributed by atoms with Crippen molar-refractivity contribution in [2.75, 3.05) is 7.11 Å². The summed E-state index contributed by atoms with van der Waals surface area (Å²) in [6.07, 6.45) is 4.24. The Morgan fingerprint density at radius 3 is 3.29 bits per heavy atom. The van der Waals surface area contributed by atoms with Gasteiger partial charge in [0.25, 0.3) is 0 Å². The Hall–Kier alpha value is -1.03. The van der Waals surface area contributed by atoms with Crippen LogP contribution in [-0.2, 0) is 16.0 Å². The van der Waals surface area contributed by atoms with Crippen LogP contribution in [0.4, 0.5) is 0 Å². The molecular formula is C9H11ClN2O2. The van der Waals surface area contributed by atoms with Crippen molar-refractivity contribution in [3.63, 3.8) is 0 Å². The number of hydrogen-bond acceptors (Lipinski definition) is 3. The van der Waals surface area contributed by atoms with Crippen molar-refractivity contribution < 1.29 is 9.53 Å². The van der Waals surface area contributed by atoms with Gasteiger partial charge in [-0.15, -0.1) is 0 Å². The molecular weight excluding hydrogens is 204 g/mol. The first kappa shape index (κ1) is 9.52. The lowest BCUT2D eigenvalue weighted by atomic mass is 10.0. The Morgan fingerprint density at radius 1 is 1.79 bits per heavy atom. The molecule has 0 aliphatic carbocycles. The van der Waals surface area contributed by atoms with Crippen LogP contribution < -0.4 is 0 Å². The highest BCUT2D eigenvalue weighted by molar-refractivity contribution is 6.30. The minimum absolute atomic E-state index is 0.222. The molecule has 0 aromatic carbocycles. The van der Waals surface area contributed by atoms with Crippen LogP contribution in [-0.4, -0.2) is 22.6 Å². The second kappa shape index (κ2) is 3.61. The van der Waals surface area contributed by atoms with E-state index in [1.807, 2.05) is 4.57 Å². The number of nitrogens with zero attached hydrogens (tertiary/aromatic N) is 2. The molecule has 0 N–H and O–H groups in total. The molecule has 14 heavy (non-hydrogen) atoms. The van der Waals surface area contributed by atoms with Gasteiger partial charge >= 0.3 is 5.97 Å². The maximum Gasteiger partial charge on any atom is 0.328 e. The molecule has 1 atom stereocenters. The van der Waals surface area contributed by atoms with Gasteiger partial charge in [-0.25, -0.2) is 9.78 Å². The molecule has 1 aromatic rings. The van der Waals surface area contributed by atoms with E-state index in [1.54, 1.807) is 6.33 Å². The lowest BCUT2D eigenvalue weighted by Gasteiger charge is -2.23. The zero-order valence-corrected chi connectivity index (χ0v) is 8.62. The van der Waals surface area contributed by atoms with Crippen LogP contribution in [0.1, 0.15) is 24.6 Å². The van der Waals surface area contributed by atoms with E-state index in [0.29, 0.717) is 5.15 Å². The maximum atomic E-state index is 11.4. The third kappa shape index (κ3) is 1.39. The van der Waals surface area contributed by atoms with Crippen LogP contribution in [0.5, 0.6) is 0 Å². The number of aromatic nitrogens is 2. The van der Waals surface area contributed by atoms with Gasteiger partial charge < -0.3 is 9.30 Å². The maximum absolute atomic E-state index is 11.4. The number of rotatable bonds is 1. The van der Waals surface area contributed by atoms with Crippen LogP contribution in [0.3, 0.4) is 0 Å². The quantitative estimate of drug-likeness (QED) is 0.667. The monoisotopic (exact) mass is 214 g/mol. The van der Waals surface area contributed by atoms with Crippen molar-refractivity contribution >= 4 is 17.6 Å². The Kier molecular flexibility index (Phi) is 2.46. The first-order chi connectivity index (χ1) is 6.74. The topological polar surface area (TPSA) is 44.1 Å². The van der Waals surface area contributed by atoms with E-state index in [0.717, 1.165) is 25.0 Å². The van der Waals surface area contributed by atoms with Crippen molar-refractivity contribution in [2.45, 2.75) is 25.3 Å². The zero-order chi connectivity index (χ0) is 10.1. The summed E-state index contributed by atoms with van der Waals surface area (Å²) in [6.45, 7) is 0. The van der Waals surface area contributed by atoms with Crippen molar-refractivity contribution in [3.8, 4) is 0 Å². The average Bonchev–Trinajstić information content (AvgIpc) is 2.59. The SMILES string of the molecule is COC(=O)C1CCCc2c(Cl)ncn21. The molecule has 0 amide bonds. The minimum atomic E-state index is -0.247. The van der Waals surface area contributed by atoms with Gasteiger partial charge in [-0.3, -0.25) is 0 Å². The molecule has 0 saturated heterocycles. The van der Waals surface area contributed by atoms with Gasteiger partial charge in [0.2, 0.25) is 0 Å². The standard InChI is InChI=1S/C9H11ClN2O2/c1-14-9(13)7-4-2-3-6-8(10)11-5-12(6)7/h5,7H,2-4H2,1H3. The van der Waals surface area contributed by atoms with Crippen LogP contribution in [0.15, 0.2) is 6.33 Å². The third-order valence-electron chi connectivity index (χ3n) is 2.55. The Bertz CT molecular complexity index is 362.